The minimum absolute atomic E-state index is 0.602. The van der Waals surface area contributed by atoms with Crippen LogP contribution in [0.15, 0.2) is 0 Å². The molecule has 0 saturated carbocycles. The smallest absolute Gasteiger partial charge is 0.337 e. The zero-order valence-electron chi connectivity index (χ0n) is 17.3. The van der Waals surface area contributed by atoms with Crippen LogP contribution in [-0.4, -0.2) is 66.3 Å². The van der Waals surface area contributed by atoms with E-state index in [2.05, 4.69) is 15.4 Å². The van der Waals surface area contributed by atoms with Gasteiger partial charge in [0.05, 0.1) is 12.6 Å². The summed E-state index contributed by atoms with van der Waals surface area (Å²) in [5, 5.41) is 6.79. The maximum Gasteiger partial charge on any atom is 0.337 e. The lowest BCUT2D eigenvalue weighted by molar-refractivity contribution is -0.153. The highest BCUT2D eigenvalue weighted by molar-refractivity contribution is 5.98. The lowest BCUT2D eigenvalue weighted by atomic mass is 9.95. The van der Waals surface area contributed by atoms with Gasteiger partial charge in [-0.05, 0) is 41.5 Å². The van der Waals surface area contributed by atoms with Crippen molar-refractivity contribution in [1.29, 1.82) is 0 Å². The molecule has 0 saturated heterocycles. The third kappa shape index (κ3) is 6.11. The molecule has 0 aliphatic rings. The maximum atomic E-state index is 13.3. The largest absolute Gasteiger partial charge is 0.467 e. The van der Waals surface area contributed by atoms with E-state index < -0.39 is 59.2 Å². The van der Waals surface area contributed by atoms with E-state index in [4.69, 9.17) is 5.73 Å². The average Bonchev–Trinajstić information content (AvgIpc) is 2.57. The second-order valence-corrected chi connectivity index (χ2v) is 8.18. The van der Waals surface area contributed by atoms with Crippen molar-refractivity contribution >= 4 is 23.7 Å². The SMILES string of the molecule is COC(=O)C(CF)(CF)NC(=O)C(C)(C)NC(=O)C(C)(C)NC(=O)C(C)(C)N. The average molecular weight is 408 g/mol. The van der Waals surface area contributed by atoms with Crippen molar-refractivity contribution in [2.45, 2.75) is 63.7 Å². The topological polar surface area (TPSA) is 140 Å². The quantitative estimate of drug-likeness (QED) is 0.379. The Bertz CT molecular complexity index is 626. The third-order valence-corrected chi connectivity index (χ3v) is 3.96. The van der Waals surface area contributed by atoms with Gasteiger partial charge in [0.15, 0.2) is 5.54 Å². The lowest BCUT2D eigenvalue weighted by Gasteiger charge is -2.35. The Kier molecular flexibility index (Phi) is 8.08. The molecule has 0 spiro atoms. The van der Waals surface area contributed by atoms with E-state index in [1.54, 1.807) is 0 Å². The van der Waals surface area contributed by atoms with Crippen LogP contribution in [0.25, 0.3) is 0 Å². The Hall–Kier alpha value is -2.30. The molecule has 0 rings (SSSR count). The van der Waals surface area contributed by atoms with Gasteiger partial charge in [-0.25, -0.2) is 13.6 Å². The van der Waals surface area contributed by atoms with Crippen molar-refractivity contribution in [3.63, 3.8) is 0 Å². The summed E-state index contributed by atoms with van der Waals surface area (Å²) in [5.74, 6) is -3.68. The van der Waals surface area contributed by atoms with Crippen LogP contribution in [-0.2, 0) is 23.9 Å². The molecule has 0 aliphatic heterocycles. The van der Waals surface area contributed by atoms with Crippen molar-refractivity contribution in [3.05, 3.63) is 0 Å². The van der Waals surface area contributed by atoms with E-state index in [-0.39, 0.29) is 0 Å². The highest BCUT2D eigenvalue weighted by Crippen LogP contribution is 2.15. The highest BCUT2D eigenvalue weighted by Gasteiger charge is 2.46. The number of nitrogens with two attached hydrogens (primary N) is 1. The van der Waals surface area contributed by atoms with Gasteiger partial charge < -0.3 is 26.4 Å². The predicted octanol–water partition coefficient (Wildman–Crippen LogP) is -0.520. The molecule has 9 nitrogen and oxygen atoms in total. The number of methoxy groups -OCH3 is 1. The van der Waals surface area contributed by atoms with Crippen LogP contribution in [0.2, 0.25) is 0 Å². The van der Waals surface area contributed by atoms with E-state index in [1.165, 1.54) is 41.5 Å². The van der Waals surface area contributed by atoms with Crippen molar-refractivity contribution < 1.29 is 32.7 Å². The summed E-state index contributed by atoms with van der Waals surface area (Å²) in [5.41, 5.74) is -1.21. The van der Waals surface area contributed by atoms with Crippen LogP contribution in [0, 0.1) is 0 Å². The fourth-order valence-electron chi connectivity index (χ4n) is 1.83. The van der Waals surface area contributed by atoms with Gasteiger partial charge in [-0.15, -0.1) is 0 Å². The number of ether oxygens (including phenoxy) is 1. The van der Waals surface area contributed by atoms with Crippen LogP contribution in [0.4, 0.5) is 8.78 Å². The summed E-state index contributed by atoms with van der Waals surface area (Å²) in [6.07, 6.45) is 0. The first kappa shape index (κ1) is 25.7. The summed E-state index contributed by atoms with van der Waals surface area (Å²) in [6.45, 7) is 5.14. The number of hydrogen-bond donors (Lipinski definition) is 4. The van der Waals surface area contributed by atoms with E-state index in [1.807, 2.05) is 5.32 Å². The molecular formula is C17H30F2N4O5. The molecule has 11 heteroatoms. The van der Waals surface area contributed by atoms with Gasteiger partial charge in [-0.2, -0.15) is 0 Å². The van der Waals surface area contributed by atoms with Crippen molar-refractivity contribution in [3.8, 4) is 0 Å². The number of hydrogen-bond acceptors (Lipinski definition) is 6. The summed E-state index contributed by atoms with van der Waals surface area (Å²) in [6, 6.07) is 0. The molecule has 0 bridgehead atoms. The summed E-state index contributed by atoms with van der Waals surface area (Å²) >= 11 is 0. The highest BCUT2D eigenvalue weighted by atomic mass is 19.1. The van der Waals surface area contributed by atoms with E-state index >= 15 is 0 Å². The monoisotopic (exact) mass is 408 g/mol. The van der Waals surface area contributed by atoms with E-state index in [9.17, 15) is 28.0 Å². The number of alkyl halides is 2. The van der Waals surface area contributed by atoms with Crippen LogP contribution >= 0.6 is 0 Å². The molecule has 0 aromatic heterocycles. The van der Waals surface area contributed by atoms with Crippen LogP contribution < -0.4 is 21.7 Å². The molecule has 0 radical (unpaired) electrons. The number of carbonyl (C=O) groups excluding carboxylic acids is 4. The molecule has 162 valence electrons. The van der Waals surface area contributed by atoms with Gasteiger partial charge in [0.25, 0.3) is 0 Å². The Morgan fingerprint density at radius 2 is 1.14 bits per heavy atom. The van der Waals surface area contributed by atoms with Gasteiger partial charge in [-0.3, -0.25) is 14.4 Å². The number of amides is 3. The maximum absolute atomic E-state index is 13.3. The zero-order chi connectivity index (χ0) is 22.6. The van der Waals surface area contributed by atoms with Crippen LogP contribution in [0.3, 0.4) is 0 Å². The first-order valence-corrected chi connectivity index (χ1v) is 8.46. The fourth-order valence-corrected chi connectivity index (χ4v) is 1.83. The Balaban J connectivity index is 5.39. The first-order chi connectivity index (χ1) is 12.5. The number of halogens is 2. The molecular weight excluding hydrogens is 378 g/mol. The molecule has 3 amide bonds. The summed E-state index contributed by atoms with van der Waals surface area (Å²) < 4.78 is 30.9. The minimum atomic E-state index is -2.51. The van der Waals surface area contributed by atoms with Crippen molar-refractivity contribution in [2.75, 3.05) is 20.5 Å². The zero-order valence-corrected chi connectivity index (χ0v) is 17.3. The normalized spacial score (nSPS) is 12.8. The van der Waals surface area contributed by atoms with E-state index in [0.717, 1.165) is 7.11 Å². The molecule has 28 heavy (non-hydrogen) atoms. The first-order valence-electron chi connectivity index (χ1n) is 8.46. The number of esters is 1. The summed E-state index contributed by atoms with van der Waals surface area (Å²) in [7, 11) is 0.922. The van der Waals surface area contributed by atoms with E-state index in [0.29, 0.717) is 0 Å². The number of rotatable bonds is 9. The number of carbonyl (C=O) groups is 4. The van der Waals surface area contributed by atoms with Crippen LogP contribution in [0.5, 0.6) is 0 Å². The molecule has 0 aromatic rings. The minimum Gasteiger partial charge on any atom is -0.467 e. The fraction of sp³-hybridized carbons (Fsp3) is 0.765. The second-order valence-electron chi connectivity index (χ2n) is 8.18. The van der Waals surface area contributed by atoms with Crippen molar-refractivity contribution in [2.24, 2.45) is 5.73 Å². The molecule has 0 aliphatic carbocycles. The Morgan fingerprint density at radius 3 is 1.46 bits per heavy atom. The standard InChI is InChI=1S/C17H30F2N4O5/c1-14(2,20)10(24)21-15(3,4)11(25)22-16(5,6)12(26)23-17(8-18,9-19)13(27)28-7/h8-9,20H2,1-7H3,(H,21,24)(H,22,25)(H,23,26). The van der Waals surface area contributed by atoms with Gasteiger partial charge in [0.2, 0.25) is 17.7 Å². The Morgan fingerprint density at radius 1 is 0.786 bits per heavy atom. The number of nitrogens with one attached hydrogen (secondary N) is 3. The summed E-state index contributed by atoms with van der Waals surface area (Å²) in [4.78, 5) is 48.8. The van der Waals surface area contributed by atoms with Crippen LogP contribution in [0.1, 0.15) is 41.5 Å². The van der Waals surface area contributed by atoms with Gasteiger partial charge >= 0.3 is 5.97 Å². The van der Waals surface area contributed by atoms with Crippen molar-refractivity contribution in [1.82, 2.24) is 16.0 Å². The molecule has 0 atom stereocenters. The van der Waals surface area contributed by atoms with Gasteiger partial charge in [0.1, 0.15) is 24.4 Å². The van der Waals surface area contributed by atoms with Gasteiger partial charge in [0, 0.05) is 0 Å². The molecule has 0 fully saturated rings. The van der Waals surface area contributed by atoms with Gasteiger partial charge in [-0.1, -0.05) is 0 Å². The predicted molar refractivity (Wildman–Crippen MR) is 97.5 cm³/mol. The third-order valence-electron chi connectivity index (χ3n) is 3.96. The molecule has 0 heterocycles. The lowest BCUT2D eigenvalue weighted by Crippen LogP contribution is -2.68. The Labute approximate surface area is 163 Å². The second kappa shape index (κ2) is 8.80. The molecule has 0 unspecified atom stereocenters. The molecule has 0 aromatic carbocycles. The molecule has 5 N–H and O–H groups in total.